The fourth-order valence-corrected chi connectivity index (χ4v) is 4.82. The van der Waals surface area contributed by atoms with Crippen molar-refractivity contribution in [2.75, 3.05) is 18.1 Å². The molecule has 0 aromatic heterocycles. The van der Waals surface area contributed by atoms with E-state index in [9.17, 15) is 28.1 Å². The van der Waals surface area contributed by atoms with Gasteiger partial charge in [0.25, 0.3) is 11.6 Å². The number of carbonyl (C=O) groups excluding carboxylic acids is 2. The number of non-ortho nitro benzene ring substituents is 1. The molecule has 1 aliphatic heterocycles. The number of nitro groups is 1. The number of ether oxygens (including phenoxy) is 1. The summed E-state index contributed by atoms with van der Waals surface area (Å²) >= 11 is 5.80. The Morgan fingerprint density at radius 1 is 1.44 bits per heavy atom. The van der Waals surface area contributed by atoms with Crippen LogP contribution in [0.3, 0.4) is 0 Å². The Balaban J connectivity index is 1.94. The first-order valence-corrected chi connectivity index (χ1v) is 9.34. The van der Waals surface area contributed by atoms with Gasteiger partial charge in [0.15, 0.2) is 16.4 Å². The Kier molecular flexibility index (Phi) is 5.33. The summed E-state index contributed by atoms with van der Waals surface area (Å²) < 4.78 is 27.8. The number of nitrogens with one attached hydrogen (secondary N) is 1. The van der Waals surface area contributed by atoms with Gasteiger partial charge in [0.2, 0.25) is 0 Å². The second-order valence-electron chi connectivity index (χ2n) is 5.95. The van der Waals surface area contributed by atoms with E-state index in [1.165, 1.54) is 0 Å². The van der Waals surface area contributed by atoms with Gasteiger partial charge in [-0.2, -0.15) is 0 Å². The molecule has 0 radical (unpaired) electrons. The molecular weight excluding hydrogens is 376 g/mol. The van der Waals surface area contributed by atoms with E-state index in [0.717, 1.165) is 18.2 Å². The minimum atomic E-state index is -3.19. The number of hydrogen-bond donors (Lipinski definition) is 1. The van der Waals surface area contributed by atoms with Gasteiger partial charge in [0.1, 0.15) is 0 Å². The van der Waals surface area contributed by atoms with Crippen LogP contribution in [0.5, 0.6) is 0 Å². The summed E-state index contributed by atoms with van der Waals surface area (Å²) in [7, 11) is -3.19. The number of benzene rings is 1. The first-order valence-electron chi connectivity index (χ1n) is 7.14. The molecule has 0 spiro atoms. The van der Waals surface area contributed by atoms with Crippen LogP contribution in [0.4, 0.5) is 5.69 Å². The Bertz CT molecular complexity index is 840. The van der Waals surface area contributed by atoms with E-state index in [-0.39, 0.29) is 34.2 Å². The summed E-state index contributed by atoms with van der Waals surface area (Å²) in [6.45, 7) is 0.978. The minimum Gasteiger partial charge on any atom is -0.452 e. The second-order valence-corrected chi connectivity index (χ2v) is 8.54. The highest BCUT2D eigenvalue weighted by Gasteiger charge is 2.39. The van der Waals surface area contributed by atoms with Crippen molar-refractivity contribution in [1.82, 2.24) is 5.32 Å². The lowest BCUT2D eigenvalue weighted by Gasteiger charge is -2.23. The first-order chi connectivity index (χ1) is 11.5. The quantitative estimate of drug-likeness (QED) is 0.452. The Hall–Kier alpha value is -2.20. The van der Waals surface area contributed by atoms with Gasteiger partial charge in [0, 0.05) is 12.1 Å². The van der Waals surface area contributed by atoms with E-state index in [4.69, 9.17) is 16.3 Å². The Morgan fingerprint density at radius 3 is 2.64 bits per heavy atom. The molecule has 136 valence electrons. The predicted molar refractivity (Wildman–Crippen MR) is 88.2 cm³/mol. The highest BCUT2D eigenvalue weighted by Crippen LogP contribution is 2.24. The highest BCUT2D eigenvalue weighted by atomic mass is 35.5. The number of nitrogens with zero attached hydrogens (tertiary/aromatic N) is 1. The van der Waals surface area contributed by atoms with Gasteiger partial charge < -0.3 is 10.1 Å². The molecule has 0 saturated carbocycles. The maximum atomic E-state index is 11.9. The molecule has 1 fully saturated rings. The topological polar surface area (TPSA) is 133 Å². The summed E-state index contributed by atoms with van der Waals surface area (Å²) in [6.07, 6.45) is 0.281. The van der Waals surface area contributed by atoms with Crippen molar-refractivity contribution in [2.24, 2.45) is 0 Å². The van der Waals surface area contributed by atoms with Gasteiger partial charge in [-0.05, 0) is 19.4 Å². The van der Waals surface area contributed by atoms with E-state index in [1.54, 1.807) is 6.92 Å². The van der Waals surface area contributed by atoms with E-state index >= 15 is 0 Å². The molecule has 0 bridgehead atoms. The molecule has 1 saturated heterocycles. The van der Waals surface area contributed by atoms with Crippen molar-refractivity contribution in [1.29, 1.82) is 0 Å². The number of nitro benzene ring substituents is 1. The summed E-state index contributed by atoms with van der Waals surface area (Å²) in [4.78, 5) is 33.8. The van der Waals surface area contributed by atoms with Crippen LogP contribution in [0.15, 0.2) is 18.2 Å². The van der Waals surface area contributed by atoms with Crippen LogP contribution in [0, 0.1) is 10.1 Å². The fraction of sp³-hybridized carbons (Fsp3) is 0.429. The number of esters is 1. The third-order valence-electron chi connectivity index (χ3n) is 3.66. The lowest BCUT2D eigenvalue weighted by Crippen LogP contribution is -2.48. The van der Waals surface area contributed by atoms with Crippen molar-refractivity contribution in [3.63, 3.8) is 0 Å². The molecule has 1 amide bonds. The number of carbonyl (C=O) groups is 2. The molecule has 1 aromatic carbocycles. The molecule has 2 rings (SSSR count). The Morgan fingerprint density at radius 2 is 2.12 bits per heavy atom. The molecule has 1 aliphatic rings. The molecule has 25 heavy (non-hydrogen) atoms. The molecular formula is C14H15ClN2O7S. The van der Waals surface area contributed by atoms with Gasteiger partial charge in [-0.3, -0.25) is 14.9 Å². The number of amides is 1. The molecule has 1 heterocycles. The SMILES string of the molecule is C[C@@]1(NC(=O)COC(=O)c2ccc([N+](=O)[O-])cc2Cl)CCS(=O)(=O)C1. The normalized spacial score (nSPS) is 21.5. The number of hydrogen-bond acceptors (Lipinski definition) is 7. The van der Waals surface area contributed by atoms with Gasteiger partial charge in [-0.25, -0.2) is 13.2 Å². The molecule has 1 aromatic rings. The molecule has 1 N–H and O–H groups in total. The molecule has 0 aliphatic carbocycles. The standard InChI is InChI=1S/C14H15ClN2O7S/c1-14(4-5-25(22,23)8-14)16-12(18)7-24-13(19)10-3-2-9(17(20)21)6-11(10)15/h2-3,6H,4-5,7-8H2,1H3,(H,16,18)/t14-/m1/s1. The van der Waals surface area contributed by atoms with Crippen molar-refractivity contribution in [3.05, 3.63) is 38.9 Å². The number of halogens is 1. The smallest absolute Gasteiger partial charge is 0.340 e. The van der Waals surface area contributed by atoms with Gasteiger partial charge >= 0.3 is 5.97 Å². The molecule has 9 nitrogen and oxygen atoms in total. The minimum absolute atomic E-state index is 0.0119. The van der Waals surface area contributed by atoms with E-state index in [1.807, 2.05) is 0 Å². The van der Waals surface area contributed by atoms with E-state index in [0.29, 0.717) is 0 Å². The van der Waals surface area contributed by atoms with Gasteiger partial charge in [-0.15, -0.1) is 0 Å². The largest absolute Gasteiger partial charge is 0.452 e. The molecule has 0 unspecified atom stereocenters. The predicted octanol–water partition coefficient (Wildman–Crippen LogP) is 1.10. The third kappa shape index (κ3) is 4.89. The van der Waals surface area contributed by atoms with Crippen LogP contribution in [-0.4, -0.2) is 48.9 Å². The third-order valence-corrected chi connectivity index (χ3v) is 5.88. The maximum Gasteiger partial charge on any atom is 0.340 e. The van der Waals surface area contributed by atoms with Crippen molar-refractivity contribution in [2.45, 2.75) is 18.9 Å². The maximum absolute atomic E-state index is 11.9. The van der Waals surface area contributed by atoms with Crippen LogP contribution in [0.1, 0.15) is 23.7 Å². The van der Waals surface area contributed by atoms with Crippen molar-refractivity contribution >= 4 is 39.0 Å². The lowest BCUT2D eigenvalue weighted by atomic mass is 10.0. The molecule has 1 atom stereocenters. The molecule has 11 heteroatoms. The summed E-state index contributed by atoms with van der Waals surface area (Å²) in [5, 5.41) is 13.0. The monoisotopic (exact) mass is 390 g/mol. The summed E-state index contributed by atoms with van der Waals surface area (Å²) in [6, 6.07) is 3.22. The zero-order chi connectivity index (χ0) is 18.8. The second kappa shape index (κ2) is 6.96. The first kappa shape index (κ1) is 19.1. The summed E-state index contributed by atoms with van der Waals surface area (Å²) in [5.74, 6) is -1.75. The average molecular weight is 391 g/mol. The zero-order valence-corrected chi connectivity index (χ0v) is 14.7. The van der Waals surface area contributed by atoms with Crippen molar-refractivity contribution in [3.8, 4) is 0 Å². The fourth-order valence-electron chi connectivity index (χ4n) is 2.47. The lowest BCUT2D eigenvalue weighted by molar-refractivity contribution is -0.384. The summed E-state index contributed by atoms with van der Waals surface area (Å²) in [5.41, 5.74) is -1.29. The Labute approximate surface area is 148 Å². The van der Waals surface area contributed by atoms with Crippen LogP contribution in [0.2, 0.25) is 5.02 Å². The van der Waals surface area contributed by atoms with Crippen LogP contribution < -0.4 is 5.32 Å². The number of sulfone groups is 1. The zero-order valence-electron chi connectivity index (χ0n) is 13.2. The average Bonchev–Trinajstić information content (AvgIpc) is 2.77. The van der Waals surface area contributed by atoms with Crippen LogP contribution in [0.25, 0.3) is 0 Å². The van der Waals surface area contributed by atoms with Crippen LogP contribution >= 0.6 is 11.6 Å². The van der Waals surface area contributed by atoms with Gasteiger partial charge in [0.05, 0.1) is 32.6 Å². The van der Waals surface area contributed by atoms with E-state index < -0.39 is 38.8 Å². The van der Waals surface area contributed by atoms with Gasteiger partial charge in [-0.1, -0.05) is 11.6 Å². The van der Waals surface area contributed by atoms with E-state index in [2.05, 4.69) is 5.32 Å². The number of rotatable bonds is 5. The van der Waals surface area contributed by atoms with Crippen LogP contribution in [-0.2, 0) is 19.4 Å². The highest BCUT2D eigenvalue weighted by molar-refractivity contribution is 7.91. The van der Waals surface area contributed by atoms with Crippen molar-refractivity contribution < 1.29 is 27.7 Å².